The van der Waals surface area contributed by atoms with Crippen LogP contribution >= 0.6 is 11.6 Å². The normalized spacial score (nSPS) is 10.6. The van der Waals surface area contributed by atoms with Gasteiger partial charge in [0.25, 0.3) is 11.8 Å². The third-order valence-electron chi connectivity index (χ3n) is 3.80. The van der Waals surface area contributed by atoms with Crippen LogP contribution in [0.15, 0.2) is 35.4 Å². The van der Waals surface area contributed by atoms with E-state index in [1.165, 1.54) is 13.3 Å². The van der Waals surface area contributed by atoms with Crippen LogP contribution in [0.3, 0.4) is 0 Å². The summed E-state index contributed by atoms with van der Waals surface area (Å²) in [6, 6.07) is 7.98. The molecule has 9 nitrogen and oxygen atoms in total. The molecule has 0 aliphatic rings. The van der Waals surface area contributed by atoms with E-state index in [4.69, 9.17) is 36.3 Å². The number of hydrazone groups is 1. The molecule has 0 aromatic heterocycles. The number of primary amides is 1. The average Bonchev–Trinajstić information content (AvgIpc) is 2.73. The molecule has 0 aliphatic carbocycles. The molecular formula is C21H24ClN3O6. The molecule has 0 bridgehead atoms. The van der Waals surface area contributed by atoms with E-state index in [2.05, 4.69) is 10.5 Å². The highest BCUT2D eigenvalue weighted by atomic mass is 35.5. The first-order chi connectivity index (χ1) is 14.9. The zero-order valence-electron chi connectivity index (χ0n) is 17.4. The summed E-state index contributed by atoms with van der Waals surface area (Å²) in [6.07, 6.45) is 1.40. The number of carbonyl (C=O) groups is 2. The Hall–Kier alpha value is -3.46. The van der Waals surface area contributed by atoms with Crippen LogP contribution in [0.5, 0.6) is 23.0 Å². The van der Waals surface area contributed by atoms with Gasteiger partial charge in [-0.1, -0.05) is 11.6 Å². The zero-order valence-corrected chi connectivity index (χ0v) is 18.2. The van der Waals surface area contributed by atoms with Crippen molar-refractivity contribution in [3.05, 3.63) is 46.5 Å². The van der Waals surface area contributed by atoms with Gasteiger partial charge in [-0.2, -0.15) is 5.10 Å². The van der Waals surface area contributed by atoms with Crippen molar-refractivity contribution in [2.75, 3.05) is 26.9 Å². The fourth-order valence-corrected chi connectivity index (χ4v) is 2.80. The Balaban J connectivity index is 2.15. The van der Waals surface area contributed by atoms with E-state index in [9.17, 15) is 9.59 Å². The van der Waals surface area contributed by atoms with E-state index in [0.717, 1.165) is 0 Å². The summed E-state index contributed by atoms with van der Waals surface area (Å²) in [5.74, 6) is 0.431. The lowest BCUT2D eigenvalue weighted by Gasteiger charge is -2.13. The maximum absolute atomic E-state index is 12.4. The number of rotatable bonds is 11. The summed E-state index contributed by atoms with van der Waals surface area (Å²) in [7, 11) is 1.52. The molecule has 2 aromatic carbocycles. The van der Waals surface area contributed by atoms with Crippen molar-refractivity contribution in [1.82, 2.24) is 5.43 Å². The summed E-state index contributed by atoms with van der Waals surface area (Å²) >= 11 is 6.23. The molecule has 0 atom stereocenters. The Morgan fingerprint density at radius 1 is 1.06 bits per heavy atom. The second kappa shape index (κ2) is 11.7. The van der Waals surface area contributed by atoms with E-state index >= 15 is 0 Å². The van der Waals surface area contributed by atoms with Crippen LogP contribution in [0.4, 0.5) is 0 Å². The molecule has 10 heteroatoms. The van der Waals surface area contributed by atoms with Gasteiger partial charge >= 0.3 is 0 Å². The summed E-state index contributed by atoms with van der Waals surface area (Å²) < 4.78 is 21.5. The van der Waals surface area contributed by atoms with Crippen LogP contribution in [0.2, 0.25) is 5.02 Å². The summed E-state index contributed by atoms with van der Waals surface area (Å²) in [6.45, 7) is 4.07. The molecule has 0 saturated heterocycles. The second-order valence-electron chi connectivity index (χ2n) is 6.02. The molecule has 0 saturated carbocycles. The van der Waals surface area contributed by atoms with E-state index in [1.54, 1.807) is 37.3 Å². The number of methoxy groups -OCH3 is 1. The lowest BCUT2D eigenvalue weighted by Crippen LogP contribution is -2.20. The smallest absolute Gasteiger partial charge is 0.271 e. The molecule has 166 valence electrons. The third kappa shape index (κ3) is 6.78. The maximum Gasteiger partial charge on any atom is 0.271 e. The van der Waals surface area contributed by atoms with Gasteiger partial charge in [0.2, 0.25) is 0 Å². The minimum Gasteiger partial charge on any atom is -0.493 e. The van der Waals surface area contributed by atoms with Crippen molar-refractivity contribution in [2.24, 2.45) is 10.8 Å². The largest absolute Gasteiger partial charge is 0.493 e. The third-order valence-corrected chi connectivity index (χ3v) is 4.08. The molecule has 2 amide bonds. The van der Waals surface area contributed by atoms with Gasteiger partial charge in [-0.05, 0) is 49.7 Å². The van der Waals surface area contributed by atoms with Crippen LogP contribution in [0, 0.1) is 0 Å². The summed E-state index contributed by atoms with van der Waals surface area (Å²) in [5, 5.41) is 4.16. The molecule has 0 spiro atoms. The predicted octanol–water partition coefficient (Wildman–Crippen LogP) is 2.77. The average molecular weight is 450 g/mol. The molecule has 2 rings (SSSR count). The highest BCUT2D eigenvalue weighted by Crippen LogP contribution is 2.36. The maximum atomic E-state index is 12.4. The monoisotopic (exact) mass is 449 g/mol. The number of nitrogens with zero attached hydrogens (tertiary/aromatic N) is 1. The Morgan fingerprint density at radius 3 is 2.42 bits per heavy atom. The number of carbonyl (C=O) groups excluding carboxylic acids is 2. The van der Waals surface area contributed by atoms with Gasteiger partial charge in [-0.15, -0.1) is 0 Å². The fraction of sp³-hybridized carbons (Fsp3) is 0.286. The molecule has 0 unspecified atom stereocenters. The molecule has 0 aliphatic heterocycles. The van der Waals surface area contributed by atoms with Crippen LogP contribution < -0.4 is 30.1 Å². The van der Waals surface area contributed by atoms with Crippen molar-refractivity contribution in [2.45, 2.75) is 13.8 Å². The van der Waals surface area contributed by atoms with Gasteiger partial charge in [0, 0.05) is 5.56 Å². The number of halogens is 1. The fourth-order valence-electron chi connectivity index (χ4n) is 2.53. The van der Waals surface area contributed by atoms with Crippen LogP contribution in [-0.2, 0) is 4.79 Å². The minimum atomic E-state index is -0.641. The van der Waals surface area contributed by atoms with E-state index in [-0.39, 0.29) is 17.4 Å². The van der Waals surface area contributed by atoms with Gasteiger partial charge in [0.15, 0.2) is 29.6 Å². The minimum absolute atomic E-state index is 0.199. The van der Waals surface area contributed by atoms with Gasteiger partial charge in [0.1, 0.15) is 0 Å². The highest BCUT2D eigenvalue weighted by molar-refractivity contribution is 6.32. The van der Waals surface area contributed by atoms with Crippen LogP contribution in [0.25, 0.3) is 0 Å². The van der Waals surface area contributed by atoms with Crippen molar-refractivity contribution in [3.8, 4) is 23.0 Å². The molecule has 2 aromatic rings. The first-order valence-corrected chi connectivity index (χ1v) is 9.79. The van der Waals surface area contributed by atoms with E-state index in [0.29, 0.717) is 41.6 Å². The first-order valence-electron chi connectivity index (χ1n) is 9.41. The van der Waals surface area contributed by atoms with Crippen LogP contribution in [-0.4, -0.2) is 45.0 Å². The van der Waals surface area contributed by atoms with Crippen molar-refractivity contribution < 1.29 is 28.5 Å². The number of hydrogen-bond donors (Lipinski definition) is 2. The second-order valence-corrected chi connectivity index (χ2v) is 6.42. The molecule has 0 fully saturated rings. The highest BCUT2D eigenvalue weighted by Gasteiger charge is 2.14. The van der Waals surface area contributed by atoms with Crippen molar-refractivity contribution in [3.63, 3.8) is 0 Å². The summed E-state index contributed by atoms with van der Waals surface area (Å²) in [5.41, 5.74) is 8.44. The van der Waals surface area contributed by atoms with Crippen molar-refractivity contribution in [1.29, 1.82) is 0 Å². The number of ether oxygens (including phenoxy) is 4. The van der Waals surface area contributed by atoms with Crippen molar-refractivity contribution >= 4 is 29.6 Å². The number of nitrogens with two attached hydrogens (primary N) is 1. The molecule has 0 radical (unpaired) electrons. The van der Waals surface area contributed by atoms with Gasteiger partial charge in [0.05, 0.1) is 31.6 Å². The molecular weight excluding hydrogens is 426 g/mol. The lowest BCUT2D eigenvalue weighted by atomic mass is 10.2. The first kappa shape index (κ1) is 23.8. The SMILES string of the molecule is CCOc1cc(C(=O)N/N=C/c2cc(Cl)c(OCC(N)=O)c(OCC)c2)ccc1OC. The standard InChI is InChI=1S/C21H24ClN3O6/c1-4-29-17-10-14(6-7-16(17)28-3)21(27)25-24-11-13-8-15(22)20(31-12-19(23)26)18(9-13)30-5-2/h6-11H,4-5,12H2,1-3H3,(H2,23,26)(H,25,27)/b24-11+. The summed E-state index contributed by atoms with van der Waals surface area (Å²) in [4.78, 5) is 23.4. The number of nitrogens with one attached hydrogen (secondary N) is 1. The molecule has 31 heavy (non-hydrogen) atoms. The van der Waals surface area contributed by atoms with E-state index < -0.39 is 11.8 Å². The van der Waals surface area contributed by atoms with E-state index in [1.807, 2.05) is 6.92 Å². The Kier molecular flexibility index (Phi) is 8.95. The van der Waals surface area contributed by atoms with Gasteiger partial charge < -0.3 is 24.7 Å². The Morgan fingerprint density at radius 2 is 1.77 bits per heavy atom. The quantitative estimate of drug-likeness (QED) is 0.402. The topological polar surface area (TPSA) is 121 Å². The molecule has 3 N–H and O–H groups in total. The zero-order chi connectivity index (χ0) is 22.8. The van der Waals surface area contributed by atoms with Gasteiger partial charge in [-0.25, -0.2) is 5.43 Å². The van der Waals surface area contributed by atoms with Crippen LogP contribution in [0.1, 0.15) is 29.8 Å². The number of benzene rings is 2. The lowest BCUT2D eigenvalue weighted by molar-refractivity contribution is -0.119. The Labute approximate surface area is 185 Å². The Bertz CT molecular complexity index is 964. The number of hydrogen-bond acceptors (Lipinski definition) is 7. The van der Waals surface area contributed by atoms with Gasteiger partial charge in [-0.3, -0.25) is 9.59 Å². The predicted molar refractivity (Wildman–Crippen MR) is 117 cm³/mol. The molecule has 0 heterocycles. The number of amides is 2.